The number of benzene rings is 2. The molecule has 0 amide bonds. The quantitative estimate of drug-likeness (QED) is 0.803. The molecule has 18 heavy (non-hydrogen) atoms. The van der Waals surface area contributed by atoms with Gasteiger partial charge >= 0.3 is 0 Å². The van der Waals surface area contributed by atoms with Gasteiger partial charge in [0.25, 0.3) is 0 Å². The molecule has 1 atom stereocenters. The number of anilines is 1. The summed E-state index contributed by atoms with van der Waals surface area (Å²) in [5.74, 6) is -0.330. The Morgan fingerprint density at radius 2 is 1.78 bits per heavy atom. The lowest BCUT2D eigenvalue weighted by Crippen LogP contribution is -2.18. The van der Waals surface area contributed by atoms with Crippen LogP contribution >= 0.6 is 0 Å². The zero-order chi connectivity index (χ0) is 12.5. The standard InChI is InChI=1S/C15H13F2N/c16-11-6-4-10(5-7-11)12-8-9-18-15-13(12)2-1-3-14(15)17/h1-7,12,18H,8-9H2. The smallest absolute Gasteiger partial charge is 0.146 e. The third-order valence-corrected chi connectivity index (χ3v) is 3.43. The topological polar surface area (TPSA) is 12.0 Å². The molecule has 0 bridgehead atoms. The second-order valence-electron chi connectivity index (χ2n) is 4.52. The van der Waals surface area contributed by atoms with Gasteiger partial charge in [-0.1, -0.05) is 24.3 Å². The number of para-hydroxylation sites is 1. The summed E-state index contributed by atoms with van der Waals surface area (Å²) >= 11 is 0. The van der Waals surface area contributed by atoms with E-state index in [-0.39, 0.29) is 17.6 Å². The van der Waals surface area contributed by atoms with Crippen LogP contribution in [0, 0.1) is 11.6 Å². The molecule has 2 aromatic carbocycles. The SMILES string of the molecule is Fc1ccc(C2CCNc3c(F)cccc32)cc1. The second-order valence-corrected chi connectivity index (χ2v) is 4.52. The predicted octanol–water partition coefficient (Wildman–Crippen LogP) is 3.91. The fourth-order valence-electron chi connectivity index (χ4n) is 2.56. The van der Waals surface area contributed by atoms with E-state index >= 15 is 0 Å². The minimum absolute atomic E-state index is 0.137. The van der Waals surface area contributed by atoms with Crippen LogP contribution in [0.3, 0.4) is 0 Å². The Morgan fingerprint density at radius 1 is 1.00 bits per heavy atom. The van der Waals surface area contributed by atoms with E-state index < -0.39 is 0 Å². The molecule has 1 aliphatic heterocycles. The van der Waals surface area contributed by atoms with Crippen molar-refractivity contribution in [1.29, 1.82) is 0 Å². The van der Waals surface area contributed by atoms with Gasteiger partial charge in [-0.2, -0.15) is 0 Å². The Morgan fingerprint density at radius 3 is 2.56 bits per heavy atom. The van der Waals surface area contributed by atoms with Gasteiger partial charge < -0.3 is 5.32 Å². The maximum Gasteiger partial charge on any atom is 0.146 e. The van der Waals surface area contributed by atoms with Gasteiger partial charge in [0.15, 0.2) is 0 Å². The van der Waals surface area contributed by atoms with Crippen molar-refractivity contribution in [1.82, 2.24) is 0 Å². The van der Waals surface area contributed by atoms with Crippen LogP contribution in [0.25, 0.3) is 0 Å². The largest absolute Gasteiger partial charge is 0.382 e. The maximum absolute atomic E-state index is 13.7. The molecule has 1 aliphatic rings. The number of halogens is 2. The summed E-state index contributed by atoms with van der Waals surface area (Å²) in [7, 11) is 0. The molecule has 1 unspecified atom stereocenters. The Balaban J connectivity index is 2.06. The van der Waals surface area contributed by atoms with Gasteiger partial charge in [0.1, 0.15) is 11.6 Å². The molecule has 0 saturated carbocycles. The van der Waals surface area contributed by atoms with Gasteiger partial charge in [0.05, 0.1) is 5.69 Å². The highest BCUT2D eigenvalue weighted by Crippen LogP contribution is 2.37. The van der Waals surface area contributed by atoms with E-state index in [9.17, 15) is 8.78 Å². The van der Waals surface area contributed by atoms with E-state index in [0.717, 1.165) is 24.1 Å². The molecule has 2 aromatic rings. The zero-order valence-electron chi connectivity index (χ0n) is 9.79. The van der Waals surface area contributed by atoms with Crippen LogP contribution in [-0.4, -0.2) is 6.54 Å². The van der Waals surface area contributed by atoms with E-state index in [1.165, 1.54) is 18.2 Å². The first-order chi connectivity index (χ1) is 8.75. The van der Waals surface area contributed by atoms with Crippen LogP contribution in [0.15, 0.2) is 42.5 Å². The van der Waals surface area contributed by atoms with Crippen molar-refractivity contribution in [3.05, 3.63) is 65.2 Å². The van der Waals surface area contributed by atoms with Gasteiger partial charge in [-0.25, -0.2) is 8.78 Å². The minimum atomic E-state index is -0.243. The number of nitrogens with one attached hydrogen (secondary N) is 1. The summed E-state index contributed by atoms with van der Waals surface area (Å²) < 4.78 is 26.6. The minimum Gasteiger partial charge on any atom is -0.382 e. The zero-order valence-corrected chi connectivity index (χ0v) is 9.79. The third kappa shape index (κ3) is 1.86. The molecule has 0 spiro atoms. The Hall–Kier alpha value is -1.90. The molecule has 1 N–H and O–H groups in total. The summed E-state index contributed by atoms with van der Waals surface area (Å²) in [6.07, 6.45) is 0.891. The molecule has 0 aliphatic carbocycles. The lowest BCUT2D eigenvalue weighted by molar-refractivity contribution is 0.612. The number of rotatable bonds is 1. The highest BCUT2D eigenvalue weighted by Gasteiger charge is 2.23. The number of fused-ring (bicyclic) bond motifs is 1. The average Bonchev–Trinajstić information content (AvgIpc) is 2.40. The summed E-state index contributed by atoms with van der Waals surface area (Å²) in [5, 5.41) is 3.09. The van der Waals surface area contributed by atoms with Crippen LogP contribution in [-0.2, 0) is 0 Å². The number of hydrogen-bond acceptors (Lipinski definition) is 1. The third-order valence-electron chi connectivity index (χ3n) is 3.43. The summed E-state index contributed by atoms with van der Waals surface area (Å²) in [6, 6.07) is 11.6. The van der Waals surface area contributed by atoms with Crippen LogP contribution in [0.1, 0.15) is 23.5 Å². The van der Waals surface area contributed by atoms with E-state index in [1.54, 1.807) is 18.2 Å². The molecule has 1 heterocycles. The fourth-order valence-corrected chi connectivity index (χ4v) is 2.56. The van der Waals surface area contributed by atoms with Gasteiger partial charge in [0, 0.05) is 12.5 Å². The van der Waals surface area contributed by atoms with Crippen molar-refractivity contribution in [3.63, 3.8) is 0 Å². The summed E-state index contributed by atoms with van der Waals surface area (Å²) in [4.78, 5) is 0. The van der Waals surface area contributed by atoms with E-state index in [1.807, 2.05) is 6.07 Å². The van der Waals surface area contributed by atoms with Crippen molar-refractivity contribution in [2.45, 2.75) is 12.3 Å². The van der Waals surface area contributed by atoms with Crippen molar-refractivity contribution in [3.8, 4) is 0 Å². The molecular formula is C15H13F2N. The Labute approximate surface area is 104 Å². The monoisotopic (exact) mass is 245 g/mol. The second kappa shape index (κ2) is 4.41. The van der Waals surface area contributed by atoms with Crippen molar-refractivity contribution >= 4 is 5.69 Å². The van der Waals surface area contributed by atoms with Gasteiger partial charge in [-0.15, -0.1) is 0 Å². The Bertz CT molecular complexity index is 563. The maximum atomic E-state index is 13.7. The van der Waals surface area contributed by atoms with Crippen LogP contribution in [0.4, 0.5) is 14.5 Å². The first-order valence-corrected chi connectivity index (χ1v) is 6.03. The molecule has 92 valence electrons. The number of hydrogen-bond donors (Lipinski definition) is 1. The molecule has 1 nitrogen and oxygen atoms in total. The van der Waals surface area contributed by atoms with Crippen LogP contribution in [0.5, 0.6) is 0 Å². The molecule has 0 fully saturated rings. The molecular weight excluding hydrogens is 232 g/mol. The van der Waals surface area contributed by atoms with Crippen LogP contribution in [0.2, 0.25) is 0 Å². The molecule has 3 rings (SSSR count). The molecule has 3 heteroatoms. The van der Waals surface area contributed by atoms with Gasteiger partial charge in [-0.3, -0.25) is 0 Å². The molecule has 0 aromatic heterocycles. The van der Waals surface area contributed by atoms with Crippen molar-refractivity contribution < 1.29 is 8.78 Å². The highest BCUT2D eigenvalue weighted by atomic mass is 19.1. The lowest BCUT2D eigenvalue weighted by Gasteiger charge is -2.27. The Kier molecular flexibility index (Phi) is 2.74. The highest BCUT2D eigenvalue weighted by molar-refractivity contribution is 5.58. The summed E-state index contributed by atoms with van der Waals surface area (Å²) in [5.41, 5.74) is 2.57. The van der Waals surface area contributed by atoms with Crippen molar-refractivity contribution in [2.75, 3.05) is 11.9 Å². The van der Waals surface area contributed by atoms with Gasteiger partial charge in [0.2, 0.25) is 0 Å². The normalized spacial score (nSPS) is 18.0. The average molecular weight is 245 g/mol. The van der Waals surface area contributed by atoms with Crippen LogP contribution < -0.4 is 5.32 Å². The van der Waals surface area contributed by atoms with E-state index in [0.29, 0.717) is 5.69 Å². The summed E-state index contributed by atoms with van der Waals surface area (Å²) in [6.45, 7) is 0.732. The first kappa shape index (κ1) is 11.2. The first-order valence-electron chi connectivity index (χ1n) is 6.03. The van der Waals surface area contributed by atoms with Gasteiger partial charge in [-0.05, 0) is 35.7 Å². The lowest BCUT2D eigenvalue weighted by atomic mass is 9.85. The van der Waals surface area contributed by atoms with E-state index in [4.69, 9.17) is 0 Å². The fraction of sp³-hybridized carbons (Fsp3) is 0.200. The van der Waals surface area contributed by atoms with E-state index in [2.05, 4.69) is 5.32 Å². The molecule has 0 saturated heterocycles. The van der Waals surface area contributed by atoms with Crippen molar-refractivity contribution in [2.24, 2.45) is 0 Å². The molecule has 0 radical (unpaired) electrons. The predicted molar refractivity (Wildman–Crippen MR) is 67.7 cm³/mol.